The number of amides is 1. The molecule has 0 atom stereocenters. The van der Waals surface area contributed by atoms with Crippen molar-refractivity contribution in [3.63, 3.8) is 0 Å². The third-order valence-corrected chi connectivity index (χ3v) is 3.02. The highest BCUT2D eigenvalue weighted by molar-refractivity contribution is 5.99. The first-order chi connectivity index (χ1) is 10.0. The van der Waals surface area contributed by atoms with E-state index in [-0.39, 0.29) is 17.2 Å². The molecule has 1 amide bonds. The average molecular weight is 294 g/mol. The van der Waals surface area contributed by atoms with Crippen molar-refractivity contribution in [1.82, 2.24) is 9.88 Å². The van der Waals surface area contributed by atoms with Crippen molar-refractivity contribution in [3.8, 4) is 0 Å². The van der Waals surface area contributed by atoms with Gasteiger partial charge in [-0.1, -0.05) is 13.8 Å². The molecule has 1 N–H and O–H groups in total. The summed E-state index contributed by atoms with van der Waals surface area (Å²) in [6, 6.07) is 1.30. The van der Waals surface area contributed by atoms with Crippen LogP contribution >= 0.6 is 0 Å². The van der Waals surface area contributed by atoms with E-state index >= 15 is 0 Å². The summed E-state index contributed by atoms with van der Waals surface area (Å²) in [6.07, 6.45) is 2.88. The fourth-order valence-corrected chi connectivity index (χ4v) is 1.94. The van der Waals surface area contributed by atoms with Crippen molar-refractivity contribution < 1.29 is 9.72 Å². The number of aromatic nitrogens is 1. The molecule has 21 heavy (non-hydrogen) atoms. The van der Waals surface area contributed by atoms with Crippen LogP contribution in [0.15, 0.2) is 12.3 Å². The molecule has 1 rings (SSSR count). The molecule has 0 spiro atoms. The first-order valence-corrected chi connectivity index (χ1v) is 7.22. The monoisotopic (exact) mass is 294 g/mol. The van der Waals surface area contributed by atoms with Crippen molar-refractivity contribution in [3.05, 3.63) is 27.9 Å². The molecule has 0 bridgehead atoms. The smallest absolute Gasteiger partial charge is 0.288 e. The summed E-state index contributed by atoms with van der Waals surface area (Å²) in [6.45, 7) is 7.70. The predicted octanol–water partition coefficient (Wildman–Crippen LogP) is 2.68. The quantitative estimate of drug-likeness (QED) is 0.588. The number of hydrogen-bond donors (Lipinski definition) is 1. The zero-order valence-electron chi connectivity index (χ0n) is 12.8. The standard InChI is InChI=1S/C14H22N4O3/c1-4-7-15-13-12(9-11(10-16-13)18(20)21)14(19)17(6-3)8-5-2/h9-10H,4-8H2,1-3H3,(H,15,16). The summed E-state index contributed by atoms with van der Waals surface area (Å²) in [7, 11) is 0. The lowest BCUT2D eigenvalue weighted by Gasteiger charge is -2.21. The van der Waals surface area contributed by atoms with Gasteiger partial charge in [-0.3, -0.25) is 14.9 Å². The fourth-order valence-electron chi connectivity index (χ4n) is 1.94. The van der Waals surface area contributed by atoms with Gasteiger partial charge in [-0.25, -0.2) is 4.98 Å². The van der Waals surface area contributed by atoms with Gasteiger partial charge in [0.25, 0.3) is 11.6 Å². The van der Waals surface area contributed by atoms with Crippen molar-refractivity contribution >= 4 is 17.4 Å². The molecule has 0 aliphatic rings. The van der Waals surface area contributed by atoms with Gasteiger partial charge in [0, 0.05) is 25.7 Å². The number of nitrogens with one attached hydrogen (secondary N) is 1. The lowest BCUT2D eigenvalue weighted by atomic mass is 10.2. The van der Waals surface area contributed by atoms with Gasteiger partial charge in [0.1, 0.15) is 12.0 Å². The van der Waals surface area contributed by atoms with E-state index in [1.54, 1.807) is 4.90 Å². The molecule has 0 saturated heterocycles. The summed E-state index contributed by atoms with van der Waals surface area (Å²) >= 11 is 0. The van der Waals surface area contributed by atoms with Crippen molar-refractivity contribution in [2.75, 3.05) is 25.0 Å². The molecule has 1 aromatic heterocycles. The van der Waals surface area contributed by atoms with Gasteiger partial charge in [-0.2, -0.15) is 0 Å². The number of nitrogens with zero attached hydrogens (tertiary/aromatic N) is 3. The van der Waals surface area contributed by atoms with E-state index in [0.717, 1.165) is 12.8 Å². The molecule has 0 radical (unpaired) electrons. The Morgan fingerprint density at radius 2 is 2.10 bits per heavy atom. The lowest BCUT2D eigenvalue weighted by molar-refractivity contribution is -0.385. The van der Waals surface area contributed by atoms with Crippen LogP contribution in [-0.4, -0.2) is 40.3 Å². The third-order valence-electron chi connectivity index (χ3n) is 3.02. The number of carbonyl (C=O) groups excluding carboxylic acids is 1. The molecule has 0 fully saturated rings. The van der Waals surface area contributed by atoms with Crippen LogP contribution in [0.4, 0.5) is 11.5 Å². The fraction of sp³-hybridized carbons (Fsp3) is 0.571. The molecule has 0 unspecified atom stereocenters. The molecule has 0 aliphatic carbocycles. The zero-order chi connectivity index (χ0) is 15.8. The van der Waals surface area contributed by atoms with Crippen LogP contribution in [0.5, 0.6) is 0 Å². The molecule has 0 aromatic carbocycles. The summed E-state index contributed by atoms with van der Waals surface area (Å²) in [4.78, 5) is 28.6. The Kier molecular flexibility index (Phi) is 6.58. The van der Waals surface area contributed by atoms with Crippen molar-refractivity contribution in [2.45, 2.75) is 33.6 Å². The zero-order valence-corrected chi connectivity index (χ0v) is 12.8. The maximum Gasteiger partial charge on any atom is 0.288 e. The van der Waals surface area contributed by atoms with E-state index in [9.17, 15) is 14.9 Å². The van der Waals surface area contributed by atoms with Crippen LogP contribution in [0.3, 0.4) is 0 Å². The Hall–Kier alpha value is -2.18. The highest BCUT2D eigenvalue weighted by atomic mass is 16.6. The van der Waals surface area contributed by atoms with Gasteiger partial charge in [-0.15, -0.1) is 0 Å². The summed E-state index contributed by atoms with van der Waals surface area (Å²) in [5, 5.41) is 13.9. The van der Waals surface area contributed by atoms with Crippen molar-refractivity contribution in [1.29, 1.82) is 0 Å². The molecule has 116 valence electrons. The number of pyridine rings is 1. The minimum atomic E-state index is -0.538. The Balaban J connectivity index is 3.17. The molecule has 7 nitrogen and oxygen atoms in total. The summed E-state index contributed by atoms with van der Waals surface area (Å²) in [5.74, 6) is 0.177. The van der Waals surface area contributed by atoms with Gasteiger partial charge >= 0.3 is 0 Å². The molecule has 1 heterocycles. The number of carbonyl (C=O) groups is 1. The van der Waals surface area contributed by atoms with E-state index in [4.69, 9.17) is 0 Å². The molecular weight excluding hydrogens is 272 g/mol. The van der Waals surface area contributed by atoms with E-state index < -0.39 is 4.92 Å². The van der Waals surface area contributed by atoms with Crippen LogP contribution in [0.2, 0.25) is 0 Å². The molecule has 0 saturated carbocycles. The predicted molar refractivity (Wildman–Crippen MR) is 81.5 cm³/mol. The molecule has 0 aliphatic heterocycles. The lowest BCUT2D eigenvalue weighted by Crippen LogP contribution is -2.32. The summed E-state index contributed by atoms with van der Waals surface area (Å²) < 4.78 is 0. The molecule has 1 aromatic rings. The Morgan fingerprint density at radius 3 is 2.62 bits per heavy atom. The Morgan fingerprint density at radius 1 is 1.38 bits per heavy atom. The SMILES string of the molecule is CCCNc1ncc([N+](=O)[O-])cc1C(=O)N(CC)CCC. The minimum Gasteiger partial charge on any atom is -0.369 e. The first-order valence-electron chi connectivity index (χ1n) is 7.22. The van der Waals surface area contributed by atoms with Gasteiger partial charge in [0.15, 0.2) is 0 Å². The van der Waals surface area contributed by atoms with Gasteiger partial charge in [0.2, 0.25) is 0 Å². The number of nitro groups is 1. The Labute approximate surface area is 124 Å². The van der Waals surface area contributed by atoms with E-state index in [2.05, 4.69) is 10.3 Å². The third kappa shape index (κ3) is 4.40. The second kappa shape index (κ2) is 8.18. The largest absolute Gasteiger partial charge is 0.369 e. The average Bonchev–Trinajstić information content (AvgIpc) is 2.49. The second-order valence-electron chi connectivity index (χ2n) is 4.66. The number of hydrogen-bond acceptors (Lipinski definition) is 5. The molecular formula is C14H22N4O3. The van der Waals surface area contributed by atoms with Gasteiger partial charge in [-0.05, 0) is 19.8 Å². The number of rotatable bonds is 8. The van der Waals surface area contributed by atoms with Crippen LogP contribution in [0.25, 0.3) is 0 Å². The summed E-state index contributed by atoms with van der Waals surface area (Å²) in [5.41, 5.74) is 0.0842. The highest BCUT2D eigenvalue weighted by Gasteiger charge is 2.21. The maximum atomic E-state index is 12.5. The van der Waals surface area contributed by atoms with Crippen LogP contribution in [0, 0.1) is 10.1 Å². The van der Waals surface area contributed by atoms with Gasteiger partial charge in [0.05, 0.1) is 10.5 Å². The Bertz CT molecular complexity index is 505. The van der Waals surface area contributed by atoms with Gasteiger partial charge < -0.3 is 10.2 Å². The number of anilines is 1. The topological polar surface area (TPSA) is 88.4 Å². The highest BCUT2D eigenvalue weighted by Crippen LogP contribution is 2.21. The van der Waals surface area contributed by atoms with E-state index in [1.807, 2.05) is 20.8 Å². The maximum absolute atomic E-state index is 12.5. The normalized spacial score (nSPS) is 10.2. The van der Waals surface area contributed by atoms with E-state index in [1.165, 1.54) is 12.3 Å². The minimum absolute atomic E-state index is 0.173. The van der Waals surface area contributed by atoms with Crippen LogP contribution in [0.1, 0.15) is 44.0 Å². The molecule has 7 heteroatoms. The second-order valence-corrected chi connectivity index (χ2v) is 4.66. The first kappa shape index (κ1) is 16.9. The van der Waals surface area contributed by atoms with Crippen LogP contribution in [-0.2, 0) is 0 Å². The van der Waals surface area contributed by atoms with Crippen molar-refractivity contribution in [2.24, 2.45) is 0 Å². The van der Waals surface area contributed by atoms with Crippen LogP contribution < -0.4 is 5.32 Å². The van der Waals surface area contributed by atoms with E-state index in [0.29, 0.717) is 25.5 Å².